The zero-order valence-corrected chi connectivity index (χ0v) is 17.8. The number of anilines is 1. The molecule has 0 atom stereocenters. The van der Waals surface area contributed by atoms with E-state index in [9.17, 15) is 8.42 Å². The molecule has 0 radical (unpaired) electrons. The van der Waals surface area contributed by atoms with Gasteiger partial charge in [0, 0.05) is 17.8 Å². The number of benzene rings is 2. The monoisotopic (exact) mass is 432 g/mol. The summed E-state index contributed by atoms with van der Waals surface area (Å²) in [5.74, 6) is 1.31. The van der Waals surface area contributed by atoms with E-state index in [-0.39, 0.29) is 10.0 Å². The molecule has 0 amide bonds. The molecule has 1 heterocycles. The van der Waals surface area contributed by atoms with Crippen molar-refractivity contribution in [1.29, 1.82) is 0 Å². The fourth-order valence-electron chi connectivity index (χ4n) is 2.39. The van der Waals surface area contributed by atoms with Gasteiger partial charge in [-0.2, -0.15) is 0 Å². The fourth-order valence-corrected chi connectivity index (χ4v) is 4.30. The van der Waals surface area contributed by atoms with E-state index in [0.717, 1.165) is 10.6 Å². The Balaban J connectivity index is 1.75. The molecule has 3 aromatic rings. The lowest BCUT2D eigenvalue weighted by Gasteiger charge is -2.07. The molecule has 0 saturated heterocycles. The van der Waals surface area contributed by atoms with Crippen LogP contribution in [0.5, 0.6) is 11.5 Å². The van der Waals surface area contributed by atoms with E-state index in [1.54, 1.807) is 38.6 Å². The third-order valence-electron chi connectivity index (χ3n) is 3.93. The molecular formula is C19H20N4O4S2. The molecule has 2 aromatic carbocycles. The summed E-state index contributed by atoms with van der Waals surface area (Å²) in [6, 6.07) is 11.6. The number of hydrogen-bond donors (Lipinski definition) is 1. The lowest BCUT2D eigenvalue weighted by atomic mass is 10.2. The number of aryl methyl sites for hydroxylation is 1. The summed E-state index contributed by atoms with van der Waals surface area (Å²) in [7, 11) is -0.585. The van der Waals surface area contributed by atoms with Gasteiger partial charge in [-0.25, -0.2) is 8.42 Å². The zero-order chi connectivity index (χ0) is 20.9. The van der Waals surface area contributed by atoms with Crippen molar-refractivity contribution in [2.75, 3.05) is 18.9 Å². The second-order valence-corrected chi connectivity index (χ2v) is 8.56. The van der Waals surface area contributed by atoms with Gasteiger partial charge < -0.3 is 9.47 Å². The SMILES string of the molecule is CCc1nnc(NS(=O)(=O)c2ccc(N=Cc3ccc(OC)cc3OC)cc2)s1. The van der Waals surface area contributed by atoms with Crippen LogP contribution in [0.25, 0.3) is 0 Å². The minimum absolute atomic E-state index is 0.117. The van der Waals surface area contributed by atoms with Gasteiger partial charge in [-0.1, -0.05) is 18.3 Å². The molecule has 1 N–H and O–H groups in total. The van der Waals surface area contributed by atoms with Crippen LogP contribution in [-0.2, 0) is 16.4 Å². The minimum atomic E-state index is -3.74. The molecule has 0 aliphatic rings. The van der Waals surface area contributed by atoms with Gasteiger partial charge in [-0.3, -0.25) is 9.71 Å². The predicted molar refractivity (Wildman–Crippen MR) is 113 cm³/mol. The van der Waals surface area contributed by atoms with Crippen LogP contribution in [0.4, 0.5) is 10.8 Å². The van der Waals surface area contributed by atoms with Gasteiger partial charge in [-0.15, -0.1) is 10.2 Å². The highest BCUT2D eigenvalue weighted by atomic mass is 32.2. The summed E-state index contributed by atoms with van der Waals surface area (Å²) in [5.41, 5.74) is 1.38. The Kier molecular flexibility index (Phi) is 6.45. The summed E-state index contributed by atoms with van der Waals surface area (Å²) in [5, 5.41) is 8.76. The van der Waals surface area contributed by atoms with Crippen molar-refractivity contribution < 1.29 is 17.9 Å². The molecule has 0 spiro atoms. The Morgan fingerprint density at radius 1 is 1.10 bits per heavy atom. The lowest BCUT2D eigenvalue weighted by molar-refractivity contribution is 0.394. The van der Waals surface area contributed by atoms with Crippen LogP contribution in [0.15, 0.2) is 52.4 Å². The largest absolute Gasteiger partial charge is 0.497 e. The van der Waals surface area contributed by atoms with E-state index in [1.807, 2.05) is 19.1 Å². The molecule has 29 heavy (non-hydrogen) atoms. The van der Waals surface area contributed by atoms with E-state index in [2.05, 4.69) is 19.9 Å². The highest BCUT2D eigenvalue weighted by Crippen LogP contribution is 2.25. The number of rotatable bonds is 8. The van der Waals surface area contributed by atoms with E-state index >= 15 is 0 Å². The Bertz CT molecular complexity index is 1110. The maximum Gasteiger partial charge on any atom is 0.263 e. The second kappa shape index (κ2) is 9.01. The topological polar surface area (TPSA) is 103 Å². The van der Waals surface area contributed by atoms with E-state index < -0.39 is 10.0 Å². The van der Waals surface area contributed by atoms with Crippen molar-refractivity contribution in [3.8, 4) is 11.5 Å². The van der Waals surface area contributed by atoms with Crippen LogP contribution in [0.1, 0.15) is 17.5 Å². The first-order valence-corrected chi connectivity index (χ1v) is 11.0. The number of nitrogens with one attached hydrogen (secondary N) is 1. The number of sulfonamides is 1. The van der Waals surface area contributed by atoms with Crippen LogP contribution < -0.4 is 14.2 Å². The van der Waals surface area contributed by atoms with Crippen molar-refractivity contribution in [3.05, 3.63) is 53.0 Å². The maximum atomic E-state index is 12.5. The number of methoxy groups -OCH3 is 2. The highest BCUT2D eigenvalue weighted by molar-refractivity contribution is 7.93. The van der Waals surface area contributed by atoms with Crippen LogP contribution >= 0.6 is 11.3 Å². The number of aliphatic imine (C=N–C) groups is 1. The number of ether oxygens (including phenoxy) is 2. The van der Waals surface area contributed by atoms with Crippen molar-refractivity contribution >= 4 is 38.4 Å². The molecule has 0 saturated carbocycles. The smallest absolute Gasteiger partial charge is 0.263 e. The van der Waals surface area contributed by atoms with Gasteiger partial charge in [0.05, 0.1) is 24.8 Å². The molecule has 0 fully saturated rings. The van der Waals surface area contributed by atoms with Gasteiger partial charge in [0.25, 0.3) is 10.0 Å². The normalized spacial score (nSPS) is 11.6. The summed E-state index contributed by atoms with van der Waals surface area (Å²) in [6.45, 7) is 1.93. The van der Waals surface area contributed by atoms with Crippen LogP contribution in [0.2, 0.25) is 0 Å². The molecule has 0 aliphatic heterocycles. The first-order chi connectivity index (χ1) is 13.9. The van der Waals surface area contributed by atoms with Gasteiger partial charge in [0.2, 0.25) is 5.13 Å². The van der Waals surface area contributed by atoms with Crippen molar-refractivity contribution in [3.63, 3.8) is 0 Å². The number of hydrogen-bond acceptors (Lipinski definition) is 8. The van der Waals surface area contributed by atoms with Gasteiger partial charge in [0.1, 0.15) is 16.5 Å². The van der Waals surface area contributed by atoms with Crippen molar-refractivity contribution in [1.82, 2.24) is 10.2 Å². The second-order valence-electron chi connectivity index (χ2n) is 5.82. The minimum Gasteiger partial charge on any atom is -0.497 e. The van der Waals surface area contributed by atoms with Crippen molar-refractivity contribution in [2.24, 2.45) is 4.99 Å². The van der Waals surface area contributed by atoms with E-state index in [0.29, 0.717) is 23.6 Å². The third kappa shape index (κ3) is 5.09. The summed E-state index contributed by atoms with van der Waals surface area (Å²) in [4.78, 5) is 4.50. The standard InChI is InChI=1S/C19H20N4O4S2/c1-4-18-21-22-19(28-18)23-29(24,25)16-9-6-14(7-10-16)20-12-13-5-8-15(26-2)11-17(13)27-3/h5-12H,4H2,1-3H3,(H,22,23). The Morgan fingerprint density at radius 2 is 1.86 bits per heavy atom. The average Bonchev–Trinajstić information content (AvgIpc) is 3.19. The summed E-state index contributed by atoms with van der Waals surface area (Å²) < 4.78 is 37.9. The van der Waals surface area contributed by atoms with Crippen LogP contribution in [0, 0.1) is 0 Å². The molecule has 3 rings (SSSR count). The van der Waals surface area contributed by atoms with E-state index in [1.165, 1.54) is 23.5 Å². The molecular weight excluding hydrogens is 412 g/mol. The van der Waals surface area contributed by atoms with Crippen molar-refractivity contribution in [2.45, 2.75) is 18.2 Å². The molecule has 0 aliphatic carbocycles. The Morgan fingerprint density at radius 3 is 2.48 bits per heavy atom. The third-order valence-corrected chi connectivity index (χ3v) is 6.40. The average molecular weight is 433 g/mol. The predicted octanol–water partition coefficient (Wildman–Crippen LogP) is 3.67. The molecule has 0 bridgehead atoms. The molecule has 152 valence electrons. The first kappa shape index (κ1) is 20.7. The molecule has 10 heteroatoms. The van der Waals surface area contributed by atoms with E-state index in [4.69, 9.17) is 9.47 Å². The molecule has 0 unspecified atom stereocenters. The quantitative estimate of drug-likeness (QED) is 0.545. The highest BCUT2D eigenvalue weighted by Gasteiger charge is 2.16. The summed E-state index contributed by atoms with van der Waals surface area (Å²) in [6.07, 6.45) is 2.35. The van der Waals surface area contributed by atoms with Crippen LogP contribution in [0.3, 0.4) is 0 Å². The van der Waals surface area contributed by atoms with Gasteiger partial charge in [0.15, 0.2) is 0 Å². The Hall–Kier alpha value is -2.98. The Labute approximate surface area is 173 Å². The zero-order valence-electron chi connectivity index (χ0n) is 16.1. The number of nitrogens with zero attached hydrogens (tertiary/aromatic N) is 3. The van der Waals surface area contributed by atoms with Gasteiger partial charge >= 0.3 is 0 Å². The lowest BCUT2D eigenvalue weighted by Crippen LogP contribution is -2.12. The molecule has 8 nitrogen and oxygen atoms in total. The first-order valence-electron chi connectivity index (χ1n) is 8.66. The fraction of sp³-hybridized carbons (Fsp3) is 0.211. The van der Waals surface area contributed by atoms with Gasteiger partial charge in [-0.05, 0) is 42.8 Å². The van der Waals surface area contributed by atoms with Crippen LogP contribution in [-0.4, -0.2) is 39.0 Å². The maximum absolute atomic E-state index is 12.5. The molecule has 1 aromatic heterocycles. The summed E-state index contributed by atoms with van der Waals surface area (Å²) >= 11 is 1.21. The number of aromatic nitrogens is 2.